The minimum atomic E-state index is -3.50. The predicted molar refractivity (Wildman–Crippen MR) is 88.6 cm³/mol. The standard InChI is InChI=1S/C15H22N4O3S/c1-17(9-5-8-16)23(20,21)19-12-10-18(11-13-19)14-6-3-4-7-15(14)22-2/h3-4,6-7H,5,9-13H2,1-2H3. The molecule has 1 saturated heterocycles. The Morgan fingerprint density at radius 1 is 1.26 bits per heavy atom. The van der Waals surface area contributed by atoms with Crippen LogP contribution < -0.4 is 9.64 Å². The van der Waals surface area contributed by atoms with Crippen LogP contribution in [0, 0.1) is 11.3 Å². The summed E-state index contributed by atoms with van der Waals surface area (Å²) in [4.78, 5) is 2.13. The summed E-state index contributed by atoms with van der Waals surface area (Å²) in [7, 11) is -0.356. The molecule has 0 saturated carbocycles. The van der Waals surface area contributed by atoms with E-state index in [1.54, 1.807) is 7.11 Å². The number of piperazine rings is 1. The molecule has 0 bridgehead atoms. The number of methoxy groups -OCH3 is 1. The lowest BCUT2D eigenvalue weighted by Crippen LogP contribution is -2.52. The van der Waals surface area contributed by atoms with Crippen molar-refractivity contribution in [3.05, 3.63) is 24.3 Å². The van der Waals surface area contributed by atoms with Crippen LogP contribution in [-0.2, 0) is 10.2 Å². The maximum absolute atomic E-state index is 12.5. The van der Waals surface area contributed by atoms with Crippen LogP contribution in [0.25, 0.3) is 0 Å². The van der Waals surface area contributed by atoms with Crippen molar-refractivity contribution in [2.45, 2.75) is 6.42 Å². The predicted octanol–water partition coefficient (Wildman–Crippen LogP) is 0.907. The van der Waals surface area contributed by atoms with E-state index in [2.05, 4.69) is 4.90 Å². The quantitative estimate of drug-likeness (QED) is 0.770. The van der Waals surface area contributed by atoms with Gasteiger partial charge in [-0.05, 0) is 12.1 Å². The Kier molecular flexibility index (Phi) is 5.82. The SMILES string of the molecule is COc1ccccc1N1CCN(S(=O)(=O)N(C)CCC#N)CC1. The Hall–Kier alpha value is -1.82. The Bertz CT molecular complexity index is 664. The fourth-order valence-electron chi connectivity index (χ4n) is 2.57. The van der Waals surface area contributed by atoms with Gasteiger partial charge in [0.05, 0.1) is 18.9 Å². The van der Waals surface area contributed by atoms with Crippen LogP contribution in [0.4, 0.5) is 5.69 Å². The normalized spacial score (nSPS) is 16.3. The highest BCUT2D eigenvalue weighted by Gasteiger charge is 2.30. The summed E-state index contributed by atoms with van der Waals surface area (Å²) in [6.45, 7) is 2.25. The van der Waals surface area contributed by atoms with Gasteiger partial charge in [-0.2, -0.15) is 22.3 Å². The number of nitriles is 1. The molecule has 1 aromatic rings. The highest BCUT2D eigenvalue weighted by atomic mass is 32.2. The summed E-state index contributed by atoms with van der Waals surface area (Å²) in [5, 5.41) is 8.60. The van der Waals surface area contributed by atoms with Crippen LogP contribution in [0.1, 0.15) is 6.42 Å². The van der Waals surface area contributed by atoms with Crippen molar-refractivity contribution in [1.29, 1.82) is 5.26 Å². The maximum Gasteiger partial charge on any atom is 0.281 e. The number of nitrogens with zero attached hydrogens (tertiary/aromatic N) is 4. The minimum Gasteiger partial charge on any atom is -0.495 e. The minimum absolute atomic E-state index is 0.191. The molecular formula is C15H22N4O3S. The lowest BCUT2D eigenvalue weighted by Gasteiger charge is -2.37. The molecule has 1 aliphatic rings. The molecule has 1 aliphatic heterocycles. The van der Waals surface area contributed by atoms with Crippen LogP contribution in [0.2, 0.25) is 0 Å². The second-order valence-electron chi connectivity index (χ2n) is 5.30. The van der Waals surface area contributed by atoms with E-state index < -0.39 is 10.2 Å². The average molecular weight is 338 g/mol. The molecule has 0 amide bonds. The third-order valence-electron chi connectivity index (χ3n) is 3.92. The van der Waals surface area contributed by atoms with Crippen LogP contribution in [0.3, 0.4) is 0 Å². The van der Waals surface area contributed by atoms with Gasteiger partial charge in [0.15, 0.2) is 0 Å². The number of hydrogen-bond donors (Lipinski definition) is 0. The number of hydrogen-bond acceptors (Lipinski definition) is 5. The van der Waals surface area contributed by atoms with E-state index in [4.69, 9.17) is 10.00 Å². The fraction of sp³-hybridized carbons (Fsp3) is 0.533. The third kappa shape index (κ3) is 3.93. The Balaban J connectivity index is 2.02. The lowest BCUT2D eigenvalue weighted by molar-refractivity contribution is 0.342. The first kappa shape index (κ1) is 17.5. The van der Waals surface area contributed by atoms with Crippen molar-refractivity contribution in [2.75, 3.05) is 51.8 Å². The van der Waals surface area contributed by atoms with E-state index in [0.29, 0.717) is 26.2 Å². The fourth-order valence-corrected chi connectivity index (χ4v) is 3.91. The molecule has 23 heavy (non-hydrogen) atoms. The second kappa shape index (κ2) is 7.64. The van der Waals surface area contributed by atoms with Gasteiger partial charge in [0.1, 0.15) is 5.75 Å². The summed E-state index contributed by atoms with van der Waals surface area (Å²) in [6.07, 6.45) is 0.191. The van der Waals surface area contributed by atoms with Crippen molar-refractivity contribution in [1.82, 2.24) is 8.61 Å². The third-order valence-corrected chi connectivity index (χ3v) is 5.91. The van der Waals surface area contributed by atoms with Crippen molar-refractivity contribution >= 4 is 15.9 Å². The first-order valence-corrected chi connectivity index (χ1v) is 8.86. The number of rotatable bonds is 6. The molecular weight excluding hydrogens is 316 g/mol. The summed E-state index contributed by atoms with van der Waals surface area (Å²) in [6, 6.07) is 9.69. The monoisotopic (exact) mass is 338 g/mol. The van der Waals surface area contributed by atoms with Crippen LogP contribution in [-0.4, -0.2) is 63.9 Å². The highest BCUT2D eigenvalue weighted by Crippen LogP contribution is 2.28. The van der Waals surface area contributed by atoms with Gasteiger partial charge in [0, 0.05) is 46.2 Å². The molecule has 0 unspecified atom stereocenters. The zero-order valence-corrected chi connectivity index (χ0v) is 14.3. The first-order chi connectivity index (χ1) is 11.0. The largest absolute Gasteiger partial charge is 0.495 e. The van der Waals surface area contributed by atoms with E-state index >= 15 is 0 Å². The molecule has 1 heterocycles. The first-order valence-electron chi connectivity index (χ1n) is 7.47. The van der Waals surface area contributed by atoms with Gasteiger partial charge >= 0.3 is 0 Å². The van der Waals surface area contributed by atoms with Gasteiger partial charge in [0.25, 0.3) is 10.2 Å². The molecule has 2 rings (SSSR count). The molecule has 7 nitrogen and oxygen atoms in total. The van der Waals surface area contributed by atoms with Crippen molar-refractivity contribution in [3.63, 3.8) is 0 Å². The molecule has 0 atom stereocenters. The smallest absolute Gasteiger partial charge is 0.281 e. The zero-order valence-electron chi connectivity index (χ0n) is 13.5. The number of ether oxygens (including phenoxy) is 1. The van der Waals surface area contributed by atoms with Crippen molar-refractivity contribution in [2.24, 2.45) is 0 Å². The Morgan fingerprint density at radius 2 is 1.91 bits per heavy atom. The molecule has 1 aromatic carbocycles. The second-order valence-corrected chi connectivity index (χ2v) is 7.33. The van der Waals surface area contributed by atoms with E-state index in [0.717, 1.165) is 11.4 Å². The van der Waals surface area contributed by atoms with Crippen molar-refractivity contribution in [3.8, 4) is 11.8 Å². The van der Waals surface area contributed by atoms with Gasteiger partial charge in [-0.25, -0.2) is 0 Å². The summed E-state index contributed by atoms with van der Waals surface area (Å²) >= 11 is 0. The van der Waals surface area contributed by atoms with Gasteiger partial charge in [-0.1, -0.05) is 12.1 Å². The molecule has 1 fully saturated rings. The average Bonchev–Trinajstić information content (AvgIpc) is 2.59. The summed E-state index contributed by atoms with van der Waals surface area (Å²) in [5.41, 5.74) is 0.977. The van der Waals surface area contributed by atoms with Gasteiger partial charge in [-0.3, -0.25) is 0 Å². The molecule has 8 heteroatoms. The molecule has 0 aromatic heterocycles. The lowest BCUT2D eigenvalue weighted by atomic mass is 10.2. The Labute approximate surface area is 137 Å². The molecule has 0 N–H and O–H groups in total. The van der Waals surface area contributed by atoms with E-state index in [9.17, 15) is 8.42 Å². The van der Waals surface area contributed by atoms with Gasteiger partial charge < -0.3 is 9.64 Å². The van der Waals surface area contributed by atoms with E-state index in [1.807, 2.05) is 30.3 Å². The molecule has 0 radical (unpaired) electrons. The van der Waals surface area contributed by atoms with E-state index in [-0.39, 0.29) is 13.0 Å². The molecule has 126 valence electrons. The highest BCUT2D eigenvalue weighted by molar-refractivity contribution is 7.86. The summed E-state index contributed by atoms with van der Waals surface area (Å²) in [5.74, 6) is 0.787. The van der Waals surface area contributed by atoms with Crippen LogP contribution in [0.5, 0.6) is 5.75 Å². The van der Waals surface area contributed by atoms with Crippen LogP contribution >= 0.6 is 0 Å². The van der Waals surface area contributed by atoms with E-state index in [1.165, 1.54) is 15.7 Å². The number of para-hydroxylation sites is 2. The summed E-state index contributed by atoms with van der Waals surface area (Å²) < 4.78 is 33.0. The van der Waals surface area contributed by atoms with Crippen molar-refractivity contribution < 1.29 is 13.2 Å². The van der Waals surface area contributed by atoms with Crippen LogP contribution in [0.15, 0.2) is 24.3 Å². The maximum atomic E-state index is 12.5. The van der Waals surface area contributed by atoms with Gasteiger partial charge in [0.2, 0.25) is 0 Å². The van der Waals surface area contributed by atoms with Gasteiger partial charge in [-0.15, -0.1) is 0 Å². The molecule has 0 aliphatic carbocycles. The number of anilines is 1. The Morgan fingerprint density at radius 3 is 2.52 bits per heavy atom. The number of benzene rings is 1. The molecule has 0 spiro atoms. The topological polar surface area (TPSA) is 76.9 Å². The zero-order chi connectivity index (χ0) is 16.9.